The molecule has 1 aliphatic rings. The average molecular weight is 388 g/mol. The second-order valence-corrected chi connectivity index (χ2v) is 8.84. The minimum Gasteiger partial charge on any atom is -0.388 e. The Labute approximate surface area is 165 Å². The van der Waals surface area contributed by atoms with Gasteiger partial charge in [0.05, 0.1) is 22.9 Å². The normalized spacial score (nSPS) is 16.0. The van der Waals surface area contributed by atoms with Crippen LogP contribution in [0.3, 0.4) is 0 Å². The standard InChI is InChI=1S/C21H29N3O2S/c1-5-15-6-7-16(22-10-15)11-24-9-8-17-18(13-27-19(17)12-24)20(25)23-14(2)21(3,4)26/h6-7,10,13-14,26H,5,8-9,11-12H2,1-4H3,(H,23,25). The van der Waals surface area contributed by atoms with Crippen LogP contribution in [0.5, 0.6) is 0 Å². The van der Waals surface area contributed by atoms with Crippen LogP contribution < -0.4 is 5.32 Å². The number of amides is 1. The van der Waals surface area contributed by atoms with E-state index in [0.717, 1.165) is 49.3 Å². The summed E-state index contributed by atoms with van der Waals surface area (Å²) in [5.74, 6) is -0.0904. The first-order chi connectivity index (χ1) is 12.8. The maximum atomic E-state index is 12.6. The molecule has 0 bridgehead atoms. The molecule has 0 fully saturated rings. The summed E-state index contributed by atoms with van der Waals surface area (Å²) < 4.78 is 0. The van der Waals surface area contributed by atoms with Crippen LogP contribution in [0.25, 0.3) is 0 Å². The molecule has 5 nitrogen and oxygen atoms in total. The monoisotopic (exact) mass is 387 g/mol. The van der Waals surface area contributed by atoms with Gasteiger partial charge in [0.2, 0.25) is 0 Å². The molecule has 2 aromatic rings. The summed E-state index contributed by atoms with van der Waals surface area (Å²) in [6.45, 7) is 9.98. The van der Waals surface area contributed by atoms with Gasteiger partial charge >= 0.3 is 0 Å². The third kappa shape index (κ3) is 4.75. The Morgan fingerprint density at radius 2 is 2.22 bits per heavy atom. The highest BCUT2D eigenvalue weighted by Crippen LogP contribution is 2.29. The number of nitrogens with zero attached hydrogens (tertiary/aromatic N) is 2. The van der Waals surface area contributed by atoms with Gasteiger partial charge in [-0.15, -0.1) is 11.3 Å². The zero-order valence-corrected chi connectivity index (χ0v) is 17.4. The average Bonchev–Trinajstić information content (AvgIpc) is 3.05. The molecular formula is C21H29N3O2S. The first-order valence-corrected chi connectivity index (χ1v) is 10.4. The Morgan fingerprint density at radius 1 is 1.44 bits per heavy atom. The molecule has 27 heavy (non-hydrogen) atoms. The highest BCUT2D eigenvalue weighted by molar-refractivity contribution is 7.10. The first kappa shape index (κ1) is 20.0. The van der Waals surface area contributed by atoms with E-state index in [0.29, 0.717) is 0 Å². The molecule has 6 heteroatoms. The Bertz CT molecular complexity index is 793. The van der Waals surface area contributed by atoms with Gasteiger partial charge in [-0.1, -0.05) is 13.0 Å². The molecule has 1 amide bonds. The van der Waals surface area contributed by atoms with Gasteiger partial charge < -0.3 is 10.4 Å². The zero-order valence-electron chi connectivity index (χ0n) is 16.6. The van der Waals surface area contributed by atoms with E-state index in [9.17, 15) is 9.90 Å². The molecule has 146 valence electrons. The van der Waals surface area contributed by atoms with Crippen molar-refractivity contribution in [3.63, 3.8) is 0 Å². The Balaban J connectivity index is 1.65. The van der Waals surface area contributed by atoms with E-state index in [-0.39, 0.29) is 11.9 Å². The molecular weight excluding hydrogens is 358 g/mol. The number of nitrogens with one attached hydrogen (secondary N) is 1. The lowest BCUT2D eigenvalue weighted by Crippen LogP contribution is -2.47. The third-order valence-electron chi connectivity index (χ3n) is 5.36. The van der Waals surface area contributed by atoms with Crippen molar-refractivity contribution in [3.8, 4) is 0 Å². The van der Waals surface area contributed by atoms with Gasteiger partial charge in [-0.3, -0.25) is 14.7 Å². The number of rotatable bonds is 6. The molecule has 2 aromatic heterocycles. The molecule has 0 spiro atoms. The molecule has 3 rings (SSSR count). The summed E-state index contributed by atoms with van der Waals surface area (Å²) in [4.78, 5) is 20.8. The number of pyridine rings is 1. The smallest absolute Gasteiger partial charge is 0.252 e. The Hall–Kier alpha value is -1.76. The van der Waals surface area contributed by atoms with E-state index >= 15 is 0 Å². The van der Waals surface area contributed by atoms with Crippen LogP contribution in [0.1, 0.15) is 59.8 Å². The van der Waals surface area contributed by atoms with Crippen LogP contribution in [-0.2, 0) is 25.9 Å². The molecule has 0 radical (unpaired) electrons. The van der Waals surface area contributed by atoms with Crippen LogP contribution >= 0.6 is 11.3 Å². The number of aromatic nitrogens is 1. The number of aryl methyl sites for hydroxylation is 1. The lowest BCUT2D eigenvalue weighted by atomic mass is 9.99. The second-order valence-electron chi connectivity index (χ2n) is 7.87. The molecule has 1 atom stereocenters. The maximum absolute atomic E-state index is 12.6. The van der Waals surface area contributed by atoms with Crippen LogP contribution in [0.4, 0.5) is 0 Å². The Morgan fingerprint density at radius 3 is 2.85 bits per heavy atom. The van der Waals surface area contributed by atoms with Crippen molar-refractivity contribution in [2.45, 2.75) is 65.3 Å². The number of aliphatic hydroxyl groups is 1. The number of hydrogen-bond acceptors (Lipinski definition) is 5. The topological polar surface area (TPSA) is 65.5 Å². The summed E-state index contributed by atoms with van der Waals surface area (Å²) in [6, 6.07) is 3.95. The molecule has 0 aromatic carbocycles. The number of thiophene rings is 1. The summed E-state index contributed by atoms with van der Waals surface area (Å²) in [6.07, 6.45) is 3.83. The van der Waals surface area contributed by atoms with Crippen molar-refractivity contribution in [2.24, 2.45) is 0 Å². The molecule has 3 heterocycles. The number of carbonyl (C=O) groups is 1. The van der Waals surface area contributed by atoms with E-state index in [1.807, 2.05) is 18.5 Å². The summed E-state index contributed by atoms with van der Waals surface area (Å²) in [5, 5.41) is 14.9. The maximum Gasteiger partial charge on any atom is 0.252 e. The minimum atomic E-state index is -0.942. The van der Waals surface area contributed by atoms with Gasteiger partial charge in [-0.2, -0.15) is 0 Å². The van der Waals surface area contributed by atoms with Crippen LogP contribution in [0, 0.1) is 0 Å². The van der Waals surface area contributed by atoms with Crippen molar-refractivity contribution in [2.75, 3.05) is 6.54 Å². The van der Waals surface area contributed by atoms with Crippen molar-refractivity contribution in [1.29, 1.82) is 0 Å². The third-order valence-corrected chi connectivity index (χ3v) is 6.37. The lowest BCUT2D eigenvalue weighted by molar-refractivity contribution is 0.0408. The highest BCUT2D eigenvalue weighted by atomic mass is 32.1. The van der Waals surface area contributed by atoms with Crippen LogP contribution in [0.2, 0.25) is 0 Å². The molecule has 2 N–H and O–H groups in total. The highest BCUT2D eigenvalue weighted by Gasteiger charge is 2.28. The van der Waals surface area contributed by atoms with Gasteiger partial charge in [-0.05, 0) is 50.8 Å². The largest absolute Gasteiger partial charge is 0.388 e. The van der Waals surface area contributed by atoms with E-state index in [1.54, 1.807) is 25.2 Å². The molecule has 0 saturated heterocycles. The van der Waals surface area contributed by atoms with Crippen molar-refractivity contribution < 1.29 is 9.90 Å². The van der Waals surface area contributed by atoms with Crippen molar-refractivity contribution >= 4 is 17.2 Å². The van der Waals surface area contributed by atoms with Gasteiger partial charge in [0.25, 0.3) is 5.91 Å². The lowest BCUT2D eigenvalue weighted by Gasteiger charge is -2.28. The summed E-state index contributed by atoms with van der Waals surface area (Å²) in [7, 11) is 0. The Kier molecular flexibility index (Phi) is 5.99. The SMILES string of the molecule is CCc1ccc(CN2CCc3c(C(=O)NC(C)C(C)(C)O)csc3C2)nc1. The van der Waals surface area contributed by atoms with Crippen molar-refractivity contribution in [1.82, 2.24) is 15.2 Å². The van der Waals surface area contributed by atoms with E-state index in [4.69, 9.17) is 0 Å². The van der Waals surface area contributed by atoms with E-state index < -0.39 is 5.60 Å². The quantitative estimate of drug-likeness (QED) is 0.799. The summed E-state index contributed by atoms with van der Waals surface area (Å²) >= 11 is 1.65. The van der Waals surface area contributed by atoms with E-state index in [2.05, 4.69) is 34.3 Å². The molecule has 0 aliphatic carbocycles. The predicted octanol–water partition coefficient (Wildman–Crippen LogP) is 3.15. The number of hydrogen-bond donors (Lipinski definition) is 2. The van der Waals surface area contributed by atoms with Crippen molar-refractivity contribution in [3.05, 3.63) is 51.0 Å². The first-order valence-electron chi connectivity index (χ1n) is 9.56. The fourth-order valence-corrected chi connectivity index (χ4v) is 4.27. The fraction of sp³-hybridized carbons (Fsp3) is 0.524. The van der Waals surface area contributed by atoms with Gasteiger partial charge in [0, 0.05) is 36.1 Å². The van der Waals surface area contributed by atoms with E-state index in [1.165, 1.54) is 10.4 Å². The second kappa shape index (κ2) is 8.09. The van der Waals surface area contributed by atoms with Crippen LogP contribution in [0.15, 0.2) is 23.7 Å². The zero-order chi connectivity index (χ0) is 19.6. The molecule has 1 aliphatic heterocycles. The van der Waals surface area contributed by atoms with Gasteiger partial charge in [0.15, 0.2) is 0 Å². The minimum absolute atomic E-state index is 0.0904. The number of fused-ring (bicyclic) bond motifs is 1. The molecule has 0 saturated carbocycles. The number of carbonyl (C=O) groups excluding carboxylic acids is 1. The molecule has 1 unspecified atom stereocenters. The van der Waals surface area contributed by atoms with Gasteiger partial charge in [-0.25, -0.2) is 0 Å². The summed E-state index contributed by atoms with van der Waals surface area (Å²) in [5.41, 5.74) is 3.32. The van der Waals surface area contributed by atoms with Crippen LogP contribution in [-0.4, -0.2) is 39.1 Å². The fourth-order valence-electron chi connectivity index (χ4n) is 3.14. The van der Waals surface area contributed by atoms with Gasteiger partial charge in [0.1, 0.15) is 0 Å². The predicted molar refractivity (Wildman–Crippen MR) is 109 cm³/mol.